The van der Waals surface area contributed by atoms with Gasteiger partial charge < -0.3 is 20.9 Å². The van der Waals surface area contributed by atoms with E-state index in [1.807, 2.05) is 25.1 Å². The second-order valence-corrected chi connectivity index (χ2v) is 7.82. The van der Waals surface area contributed by atoms with Gasteiger partial charge in [-0.2, -0.15) is 0 Å². The minimum absolute atomic E-state index is 0.0265. The van der Waals surface area contributed by atoms with Gasteiger partial charge in [-0.05, 0) is 18.9 Å². The van der Waals surface area contributed by atoms with Crippen molar-refractivity contribution < 1.29 is 9.18 Å². The van der Waals surface area contributed by atoms with E-state index in [-0.39, 0.29) is 17.0 Å². The maximum Gasteiger partial charge on any atom is 0.263 e. The molecule has 0 bridgehead atoms. The van der Waals surface area contributed by atoms with E-state index in [1.54, 1.807) is 12.4 Å². The number of nitrogens with two attached hydrogens (primary N) is 1. The summed E-state index contributed by atoms with van der Waals surface area (Å²) in [5.41, 5.74) is 8.71. The van der Waals surface area contributed by atoms with Crippen molar-refractivity contribution in [3.63, 3.8) is 0 Å². The molecule has 3 N–H and O–H groups in total. The number of nitrogen functional groups attached to an aromatic ring is 1. The molecule has 4 rings (SSSR count). The molecule has 0 radical (unpaired) electrons. The van der Waals surface area contributed by atoms with E-state index in [0.29, 0.717) is 11.6 Å². The Kier molecular flexibility index (Phi) is 5.45. The molecule has 3 aromatic heterocycles. The first kappa shape index (κ1) is 20.6. The number of hydrogen-bond acceptors (Lipinski definition) is 7. The molecule has 1 atom stereocenters. The van der Waals surface area contributed by atoms with Gasteiger partial charge in [-0.25, -0.2) is 13.9 Å². The molecule has 9 nitrogen and oxygen atoms in total. The lowest BCUT2D eigenvalue weighted by atomic mass is 9.94. The second-order valence-electron chi connectivity index (χ2n) is 7.82. The van der Waals surface area contributed by atoms with Gasteiger partial charge in [0.25, 0.3) is 5.91 Å². The van der Waals surface area contributed by atoms with Gasteiger partial charge >= 0.3 is 0 Å². The van der Waals surface area contributed by atoms with Crippen LogP contribution in [0.25, 0.3) is 5.65 Å². The lowest BCUT2D eigenvalue weighted by Gasteiger charge is -2.37. The first-order valence-corrected chi connectivity index (χ1v) is 10.0. The van der Waals surface area contributed by atoms with Crippen molar-refractivity contribution in [2.24, 2.45) is 5.92 Å². The highest BCUT2D eigenvalue weighted by Crippen LogP contribution is 2.32. The summed E-state index contributed by atoms with van der Waals surface area (Å²) in [5, 5.41) is 6.87. The summed E-state index contributed by atoms with van der Waals surface area (Å²) >= 11 is 0. The first-order chi connectivity index (χ1) is 14.8. The highest BCUT2D eigenvalue weighted by Gasteiger charge is 2.26. The number of fused-ring (bicyclic) bond motifs is 1. The minimum Gasteiger partial charge on any atom is -0.381 e. The fourth-order valence-electron chi connectivity index (χ4n) is 3.92. The van der Waals surface area contributed by atoms with E-state index in [9.17, 15) is 9.18 Å². The van der Waals surface area contributed by atoms with E-state index in [1.165, 1.54) is 0 Å². The molecule has 1 aliphatic rings. The fraction of sp³-hybridized carbons (Fsp3) is 0.333. The Morgan fingerprint density at radius 1 is 1.39 bits per heavy atom. The predicted molar refractivity (Wildman–Crippen MR) is 117 cm³/mol. The molecule has 1 unspecified atom stereocenters. The van der Waals surface area contributed by atoms with E-state index >= 15 is 0 Å². The van der Waals surface area contributed by atoms with Gasteiger partial charge in [0.2, 0.25) is 0 Å². The van der Waals surface area contributed by atoms with E-state index in [0.717, 1.165) is 54.2 Å². The zero-order valence-corrected chi connectivity index (χ0v) is 17.5. The van der Waals surface area contributed by atoms with Crippen molar-refractivity contribution in [3.05, 3.63) is 54.5 Å². The van der Waals surface area contributed by atoms with Crippen molar-refractivity contribution in [2.45, 2.75) is 12.8 Å². The Labute approximate surface area is 179 Å². The van der Waals surface area contributed by atoms with Gasteiger partial charge in [0, 0.05) is 45.0 Å². The average Bonchev–Trinajstić information content (AvgIpc) is 3.08. The number of carbonyl (C=O) groups is 1. The molecule has 31 heavy (non-hydrogen) atoms. The Morgan fingerprint density at radius 2 is 2.19 bits per heavy atom. The summed E-state index contributed by atoms with van der Waals surface area (Å²) in [6.45, 7) is 5.88. The number of halogens is 1. The largest absolute Gasteiger partial charge is 0.381 e. The third-order valence-corrected chi connectivity index (χ3v) is 5.55. The molecule has 1 saturated heterocycles. The SMILES string of the molecule is C=C(C1CCCN(c2ccncc2NC(=O)c2c(N)nn3cc(F)cnc23)C1)N(C)C. The number of hydrogen-bond donors (Lipinski definition) is 2. The Morgan fingerprint density at radius 3 is 2.97 bits per heavy atom. The van der Waals surface area contributed by atoms with Crippen LogP contribution in [0.1, 0.15) is 23.2 Å². The van der Waals surface area contributed by atoms with Crippen LogP contribution in [0.5, 0.6) is 0 Å². The summed E-state index contributed by atoms with van der Waals surface area (Å²) in [6, 6.07) is 1.88. The molecule has 1 aliphatic heterocycles. The van der Waals surface area contributed by atoms with Crippen molar-refractivity contribution >= 4 is 28.7 Å². The maximum atomic E-state index is 13.4. The normalized spacial score (nSPS) is 16.4. The van der Waals surface area contributed by atoms with Crippen LogP contribution in [0.4, 0.5) is 21.6 Å². The molecular formula is C21H25FN8O. The van der Waals surface area contributed by atoms with E-state index in [4.69, 9.17) is 5.73 Å². The fourth-order valence-corrected chi connectivity index (χ4v) is 3.92. The Bertz CT molecular complexity index is 1140. The summed E-state index contributed by atoms with van der Waals surface area (Å²) in [4.78, 5) is 25.5. The van der Waals surface area contributed by atoms with Crippen LogP contribution >= 0.6 is 0 Å². The predicted octanol–water partition coefficient (Wildman–Crippen LogP) is 2.39. The lowest BCUT2D eigenvalue weighted by Crippen LogP contribution is -2.38. The van der Waals surface area contributed by atoms with Gasteiger partial charge in [-0.1, -0.05) is 6.58 Å². The number of rotatable bonds is 5. The van der Waals surface area contributed by atoms with Gasteiger partial charge in [0.1, 0.15) is 5.56 Å². The molecule has 0 saturated carbocycles. The van der Waals surface area contributed by atoms with Gasteiger partial charge in [0.05, 0.1) is 30.0 Å². The molecule has 10 heteroatoms. The van der Waals surface area contributed by atoms with E-state index < -0.39 is 11.7 Å². The minimum atomic E-state index is -0.574. The van der Waals surface area contributed by atoms with Crippen LogP contribution in [0.15, 0.2) is 43.1 Å². The van der Waals surface area contributed by atoms with Crippen LogP contribution in [0.3, 0.4) is 0 Å². The van der Waals surface area contributed by atoms with Crippen molar-refractivity contribution in [2.75, 3.05) is 43.1 Å². The molecule has 4 heterocycles. The Hall–Kier alpha value is -3.69. The molecular weight excluding hydrogens is 399 g/mol. The molecule has 0 spiro atoms. The van der Waals surface area contributed by atoms with Gasteiger partial charge in [-0.3, -0.25) is 9.78 Å². The van der Waals surface area contributed by atoms with Crippen LogP contribution in [0, 0.1) is 11.7 Å². The van der Waals surface area contributed by atoms with Crippen LogP contribution in [-0.2, 0) is 0 Å². The molecule has 1 fully saturated rings. The topological polar surface area (TPSA) is 105 Å². The van der Waals surface area contributed by atoms with Crippen LogP contribution in [-0.4, -0.2) is 57.6 Å². The third kappa shape index (κ3) is 4.00. The van der Waals surface area contributed by atoms with Crippen molar-refractivity contribution in [1.82, 2.24) is 24.5 Å². The maximum absolute atomic E-state index is 13.4. The number of anilines is 3. The first-order valence-electron chi connectivity index (χ1n) is 10.0. The average molecular weight is 424 g/mol. The number of carbonyl (C=O) groups excluding carboxylic acids is 1. The van der Waals surface area contributed by atoms with Crippen LogP contribution in [0.2, 0.25) is 0 Å². The number of aromatic nitrogens is 4. The smallest absolute Gasteiger partial charge is 0.263 e. The number of amides is 1. The number of pyridine rings is 1. The molecule has 0 aromatic carbocycles. The molecule has 1 amide bonds. The number of nitrogens with one attached hydrogen (secondary N) is 1. The van der Waals surface area contributed by atoms with Gasteiger partial charge in [-0.15, -0.1) is 5.10 Å². The monoisotopic (exact) mass is 424 g/mol. The third-order valence-electron chi connectivity index (χ3n) is 5.55. The van der Waals surface area contributed by atoms with Crippen LogP contribution < -0.4 is 16.0 Å². The molecule has 0 aliphatic carbocycles. The van der Waals surface area contributed by atoms with E-state index in [2.05, 4.69) is 31.9 Å². The zero-order valence-electron chi connectivity index (χ0n) is 17.5. The van der Waals surface area contributed by atoms with Gasteiger partial charge in [0.15, 0.2) is 17.3 Å². The standard InChI is InChI=1S/C21H25FN8O/c1-13(28(2)3)14-5-4-8-29(11-14)17-6-7-24-10-16(17)26-21(31)18-19(23)27-30-12-15(22)9-25-20(18)30/h6-7,9-10,12,14H,1,4-5,8,11H2,2-3H3,(H2,23,27)(H,26,31). The summed E-state index contributed by atoms with van der Waals surface area (Å²) in [7, 11) is 4.00. The van der Waals surface area contributed by atoms with Crippen molar-refractivity contribution in [3.8, 4) is 0 Å². The highest BCUT2D eigenvalue weighted by atomic mass is 19.1. The Balaban J connectivity index is 1.60. The number of piperidine rings is 1. The summed E-state index contributed by atoms with van der Waals surface area (Å²) < 4.78 is 14.6. The highest BCUT2D eigenvalue weighted by molar-refractivity contribution is 6.12. The second kappa shape index (κ2) is 8.21. The molecule has 3 aromatic rings. The zero-order chi connectivity index (χ0) is 22.1. The number of nitrogens with zero attached hydrogens (tertiary/aromatic N) is 6. The van der Waals surface area contributed by atoms with Crippen molar-refractivity contribution in [1.29, 1.82) is 0 Å². The summed E-state index contributed by atoms with van der Waals surface area (Å²) in [6.07, 6.45) is 7.53. The quantitative estimate of drug-likeness (QED) is 0.648. The molecule has 162 valence electrons. The lowest BCUT2D eigenvalue weighted by molar-refractivity contribution is 0.102. The summed E-state index contributed by atoms with van der Waals surface area (Å²) in [5.74, 6) is -0.751.